The number of fused-ring (bicyclic) bond motifs is 2. The van der Waals surface area contributed by atoms with E-state index in [9.17, 15) is 19.5 Å². The summed E-state index contributed by atoms with van der Waals surface area (Å²) in [6.07, 6.45) is 5.41. The first-order valence-corrected chi connectivity index (χ1v) is 15.8. The van der Waals surface area contributed by atoms with Gasteiger partial charge in [0.15, 0.2) is 0 Å². The molecule has 3 aromatic rings. The third-order valence-corrected chi connectivity index (χ3v) is 8.77. The van der Waals surface area contributed by atoms with Crippen LogP contribution >= 0.6 is 0 Å². The normalized spacial score (nSPS) is 15.4. The summed E-state index contributed by atoms with van der Waals surface area (Å²) in [6.45, 7) is 6.30. The number of carboxylic acids is 1. The molecule has 0 aromatic heterocycles. The zero-order valence-electron chi connectivity index (χ0n) is 26.9. The van der Waals surface area contributed by atoms with Gasteiger partial charge in [-0.1, -0.05) is 101 Å². The van der Waals surface area contributed by atoms with E-state index in [2.05, 4.69) is 26.1 Å². The van der Waals surface area contributed by atoms with Crippen LogP contribution in [0, 0.1) is 5.92 Å². The van der Waals surface area contributed by atoms with Gasteiger partial charge >= 0.3 is 35.5 Å². The predicted octanol–water partition coefficient (Wildman–Crippen LogP) is 4.34. The Bertz CT molecular complexity index is 1460. The van der Waals surface area contributed by atoms with Gasteiger partial charge in [-0.25, -0.2) is 0 Å². The molecule has 2 aliphatic rings. The van der Waals surface area contributed by atoms with E-state index in [1.165, 1.54) is 6.42 Å². The summed E-state index contributed by atoms with van der Waals surface area (Å²) in [5.41, 5.74) is 4.14. The molecule has 0 bridgehead atoms. The molecule has 0 saturated heterocycles. The van der Waals surface area contributed by atoms with Crippen molar-refractivity contribution < 1.29 is 58.5 Å². The Labute approximate surface area is 288 Å². The molecule has 1 saturated carbocycles. The maximum absolute atomic E-state index is 13.8. The van der Waals surface area contributed by atoms with Crippen LogP contribution in [0.1, 0.15) is 113 Å². The number of carbonyl (C=O) groups is 3. The number of rotatable bonds is 10. The topological polar surface area (TPSA) is 105 Å². The van der Waals surface area contributed by atoms with Gasteiger partial charge < -0.3 is 24.7 Å². The fourth-order valence-electron chi connectivity index (χ4n) is 6.53. The van der Waals surface area contributed by atoms with Gasteiger partial charge in [0, 0.05) is 35.1 Å². The van der Waals surface area contributed by atoms with Crippen molar-refractivity contribution >= 4 is 23.5 Å². The molecule has 1 heterocycles. The zero-order chi connectivity index (χ0) is 31.3. The quantitative estimate of drug-likeness (QED) is 0.268. The van der Waals surface area contributed by atoms with Crippen molar-refractivity contribution in [2.24, 2.45) is 5.92 Å². The summed E-state index contributed by atoms with van der Waals surface area (Å²) in [4.78, 5) is 37.5. The number of ether oxygens (including phenoxy) is 2. The fourth-order valence-corrected chi connectivity index (χ4v) is 6.53. The number of amides is 1. The molecule has 1 N–H and O–H groups in total. The molecule has 5 rings (SSSR count). The monoisotopic (exact) mass is 619 g/mol. The number of carboxylic acid groups (broad SMARTS) is 1. The Morgan fingerprint density at radius 3 is 2.13 bits per heavy atom. The summed E-state index contributed by atoms with van der Waals surface area (Å²) >= 11 is 0. The molecular weight excluding hydrogens is 577 g/mol. The molecule has 8 heteroatoms. The van der Waals surface area contributed by atoms with Gasteiger partial charge in [0.2, 0.25) is 5.91 Å². The minimum absolute atomic E-state index is 0. The van der Waals surface area contributed by atoms with Gasteiger partial charge in [-0.2, -0.15) is 0 Å². The van der Waals surface area contributed by atoms with Crippen LogP contribution in [-0.4, -0.2) is 17.8 Å². The van der Waals surface area contributed by atoms with Gasteiger partial charge in [-0.3, -0.25) is 9.59 Å². The Morgan fingerprint density at radius 1 is 0.911 bits per heavy atom. The summed E-state index contributed by atoms with van der Waals surface area (Å²) in [5.74, 6) is -0.200. The van der Waals surface area contributed by atoms with Crippen LogP contribution in [0.4, 0.5) is 5.69 Å². The minimum atomic E-state index is -1.28. The van der Waals surface area contributed by atoms with Crippen LogP contribution in [0.2, 0.25) is 0 Å². The first kappa shape index (κ1) is 34.7. The van der Waals surface area contributed by atoms with Crippen molar-refractivity contribution in [3.05, 3.63) is 89.0 Å². The van der Waals surface area contributed by atoms with Crippen molar-refractivity contribution in [1.82, 2.24) is 0 Å². The molecule has 7 nitrogen and oxygen atoms in total. The summed E-state index contributed by atoms with van der Waals surface area (Å²) in [6, 6.07) is 21.6. The Balaban J connectivity index is 0.00000461. The van der Waals surface area contributed by atoms with Crippen molar-refractivity contribution in [1.29, 1.82) is 0 Å². The molecule has 1 amide bonds. The molecule has 232 valence electrons. The Hall–Kier alpha value is -3.13. The van der Waals surface area contributed by atoms with Crippen LogP contribution in [-0.2, 0) is 24.5 Å². The average molecular weight is 620 g/mol. The summed E-state index contributed by atoms with van der Waals surface area (Å²) in [5, 5.41) is 14.2. The molecule has 45 heavy (non-hydrogen) atoms. The van der Waals surface area contributed by atoms with E-state index in [4.69, 9.17) is 9.47 Å². The van der Waals surface area contributed by atoms with Crippen molar-refractivity contribution in [3.63, 3.8) is 0 Å². The third kappa shape index (κ3) is 8.99. The first-order chi connectivity index (χ1) is 21.1. The number of aliphatic carboxylic acids is 1. The number of anilines is 1. The second-order valence-corrected chi connectivity index (χ2v) is 13.1. The predicted molar refractivity (Wildman–Crippen MR) is 167 cm³/mol. The van der Waals surface area contributed by atoms with E-state index in [1.54, 1.807) is 0 Å². The molecule has 1 atom stereocenters. The molecule has 1 aliphatic carbocycles. The zero-order valence-corrected chi connectivity index (χ0v) is 28.9. The van der Waals surface area contributed by atoms with E-state index < -0.39 is 18.0 Å². The van der Waals surface area contributed by atoms with Crippen LogP contribution < -0.4 is 44.7 Å². The van der Waals surface area contributed by atoms with E-state index in [-0.39, 0.29) is 66.1 Å². The van der Waals surface area contributed by atoms with Crippen LogP contribution in [0.3, 0.4) is 0 Å². The van der Waals surface area contributed by atoms with E-state index in [0.717, 1.165) is 59.4 Å². The van der Waals surface area contributed by atoms with Crippen molar-refractivity contribution in [2.75, 3.05) is 5.32 Å². The fraction of sp³-hybridized carbons (Fsp3) is 0.432. The van der Waals surface area contributed by atoms with Crippen LogP contribution in [0.15, 0.2) is 66.7 Å². The Kier molecular flexibility index (Phi) is 11.9. The number of para-hydroxylation sites is 2. The number of benzene rings is 3. The number of hydrogen-bond acceptors (Lipinski definition) is 6. The smallest absolute Gasteiger partial charge is 0.550 e. The first-order valence-electron chi connectivity index (χ1n) is 15.8. The molecule has 1 unspecified atom stereocenters. The molecule has 0 spiro atoms. The average Bonchev–Trinajstić information content (AvgIpc) is 2.99. The Morgan fingerprint density at radius 2 is 1.53 bits per heavy atom. The second-order valence-electron chi connectivity index (χ2n) is 13.1. The largest absolute Gasteiger partial charge is 1.00 e. The standard InChI is InChI=1S/C37H43NO6.Na/c1-37(2,3)29-18-17-25(33(21-24-11-5-4-6-12-24)44-36(42)20-19-35(40)41)22-30(29)38-34(39)23-28-26-13-7-9-15-31(26)43-32-16-10-8-14-27(28)32;/h7-10,13-18,22,24,28,33H,4-6,11-12,19-21,23H2,1-3H3,(H,38,39)(H,40,41);/q;+1/p-1. The van der Waals surface area contributed by atoms with E-state index in [1.807, 2.05) is 66.7 Å². The minimum Gasteiger partial charge on any atom is -0.550 e. The van der Waals surface area contributed by atoms with Gasteiger partial charge in [0.05, 0.1) is 6.42 Å². The SMILES string of the molecule is CC(C)(C)c1ccc(C(CC2CCCCC2)OC(=O)CCC(=O)[O-])cc1NC(=O)CC1c2ccccc2Oc2ccccc21.[Na+]. The third-order valence-electron chi connectivity index (χ3n) is 8.77. The summed E-state index contributed by atoms with van der Waals surface area (Å²) in [7, 11) is 0. The molecule has 1 fully saturated rings. The van der Waals surface area contributed by atoms with Gasteiger partial charge in [0.25, 0.3) is 0 Å². The number of carbonyl (C=O) groups excluding carboxylic acids is 3. The van der Waals surface area contributed by atoms with E-state index >= 15 is 0 Å². The molecule has 3 aromatic carbocycles. The number of hydrogen-bond donors (Lipinski definition) is 1. The van der Waals surface area contributed by atoms with Gasteiger partial charge in [-0.15, -0.1) is 0 Å². The second kappa shape index (κ2) is 15.4. The number of nitrogens with one attached hydrogen (secondary N) is 1. The number of esters is 1. The molecule has 0 radical (unpaired) electrons. The van der Waals surface area contributed by atoms with Crippen molar-refractivity contribution in [2.45, 2.75) is 96.0 Å². The van der Waals surface area contributed by atoms with Gasteiger partial charge in [-0.05, 0) is 53.5 Å². The van der Waals surface area contributed by atoms with Crippen LogP contribution in [0.5, 0.6) is 11.5 Å². The molecule has 1 aliphatic heterocycles. The molecular formula is C37H42NNaO6. The van der Waals surface area contributed by atoms with E-state index in [0.29, 0.717) is 18.0 Å². The summed E-state index contributed by atoms with van der Waals surface area (Å²) < 4.78 is 12.0. The van der Waals surface area contributed by atoms with Gasteiger partial charge in [0.1, 0.15) is 17.6 Å². The maximum Gasteiger partial charge on any atom is 1.00 e. The van der Waals surface area contributed by atoms with Crippen LogP contribution in [0.25, 0.3) is 0 Å². The maximum atomic E-state index is 13.8. The van der Waals surface area contributed by atoms with Crippen molar-refractivity contribution in [3.8, 4) is 11.5 Å².